The van der Waals surface area contributed by atoms with Crippen LogP contribution in [0.3, 0.4) is 0 Å². The molecule has 4 heterocycles. The van der Waals surface area contributed by atoms with Gasteiger partial charge in [0.1, 0.15) is 5.65 Å². The predicted octanol–water partition coefficient (Wildman–Crippen LogP) is 2.73. The Morgan fingerprint density at radius 2 is 1.75 bits per heavy atom. The molecule has 0 unspecified atom stereocenters. The van der Waals surface area contributed by atoms with Crippen LogP contribution in [0, 0.1) is 0 Å². The van der Waals surface area contributed by atoms with Crippen LogP contribution in [0.1, 0.15) is 5.69 Å². The summed E-state index contributed by atoms with van der Waals surface area (Å²) >= 11 is 0. The van der Waals surface area contributed by atoms with Crippen LogP contribution in [-0.2, 0) is 6.54 Å². The highest BCUT2D eigenvalue weighted by molar-refractivity contribution is 5.75. The summed E-state index contributed by atoms with van der Waals surface area (Å²) in [6.45, 7) is 4.57. The van der Waals surface area contributed by atoms with Crippen LogP contribution in [0.4, 0.5) is 17.3 Å². The number of likely N-dealkylation sites (N-methyl/N-ethyl adjacent to an activating group) is 1. The maximum Gasteiger partial charge on any atom is 0.252 e. The highest BCUT2D eigenvalue weighted by Crippen LogP contribution is 2.21. The number of anilines is 3. The van der Waals surface area contributed by atoms with E-state index in [1.165, 1.54) is 5.69 Å². The van der Waals surface area contributed by atoms with Crippen molar-refractivity contribution in [1.82, 2.24) is 24.4 Å². The Morgan fingerprint density at radius 3 is 2.50 bits per heavy atom. The summed E-state index contributed by atoms with van der Waals surface area (Å²) in [5.41, 5.74) is 3.37. The van der Waals surface area contributed by atoms with E-state index in [2.05, 4.69) is 49.2 Å². The number of benzene rings is 1. The molecular weight excluding hydrogens is 402 g/mol. The molecule has 0 aliphatic carbocycles. The van der Waals surface area contributed by atoms with Crippen molar-refractivity contribution in [2.24, 2.45) is 0 Å². The molecule has 3 aromatic heterocycles. The molecule has 8 nitrogen and oxygen atoms in total. The third-order valence-electron chi connectivity index (χ3n) is 5.76. The fraction of sp³-hybridized carbons (Fsp3) is 0.250. The van der Waals surface area contributed by atoms with Crippen molar-refractivity contribution in [3.63, 3.8) is 0 Å². The van der Waals surface area contributed by atoms with Crippen molar-refractivity contribution in [2.75, 3.05) is 43.4 Å². The lowest BCUT2D eigenvalue weighted by Gasteiger charge is -2.34. The Balaban J connectivity index is 1.39. The molecule has 162 valence electrons. The minimum Gasteiger partial charge on any atom is -0.369 e. The Kier molecular flexibility index (Phi) is 5.51. The molecule has 0 amide bonds. The molecule has 0 saturated carbocycles. The summed E-state index contributed by atoms with van der Waals surface area (Å²) in [5.74, 6) is 0.449. The van der Waals surface area contributed by atoms with E-state index in [0.717, 1.165) is 42.9 Å². The van der Waals surface area contributed by atoms with Crippen LogP contribution in [0.25, 0.3) is 11.0 Å². The fourth-order valence-corrected chi connectivity index (χ4v) is 3.89. The van der Waals surface area contributed by atoms with E-state index in [0.29, 0.717) is 18.1 Å². The first-order valence-electron chi connectivity index (χ1n) is 10.7. The average Bonchev–Trinajstić information content (AvgIpc) is 2.83. The summed E-state index contributed by atoms with van der Waals surface area (Å²) in [6.07, 6.45) is 3.46. The SMILES string of the molecule is CN1CCN(c2ccc(Nc3ncc4ccc(=O)n(Cc5ccccn5)c4n3)cc2)CC1. The van der Waals surface area contributed by atoms with Gasteiger partial charge in [-0.2, -0.15) is 4.98 Å². The highest BCUT2D eigenvalue weighted by Gasteiger charge is 2.14. The van der Waals surface area contributed by atoms with Crippen molar-refractivity contribution in [3.8, 4) is 0 Å². The van der Waals surface area contributed by atoms with Gasteiger partial charge in [0.05, 0.1) is 12.2 Å². The van der Waals surface area contributed by atoms with Crippen molar-refractivity contribution in [1.29, 1.82) is 0 Å². The van der Waals surface area contributed by atoms with E-state index in [-0.39, 0.29) is 5.56 Å². The van der Waals surface area contributed by atoms with Gasteiger partial charge in [-0.3, -0.25) is 14.3 Å². The maximum atomic E-state index is 12.6. The standard InChI is InChI=1S/C24H25N7O/c1-29-12-14-30(15-13-29)21-8-6-19(7-9-21)27-24-26-16-18-5-10-22(32)31(23(18)28-24)17-20-4-2-3-11-25-20/h2-11,16H,12-15,17H2,1H3,(H,26,27,28). The molecule has 32 heavy (non-hydrogen) atoms. The normalized spacial score (nSPS) is 14.6. The first-order valence-corrected chi connectivity index (χ1v) is 10.7. The number of aromatic nitrogens is 4. The van der Waals surface area contributed by atoms with Gasteiger partial charge in [-0.1, -0.05) is 6.07 Å². The third-order valence-corrected chi connectivity index (χ3v) is 5.76. The zero-order chi connectivity index (χ0) is 21.9. The van der Waals surface area contributed by atoms with Crippen molar-refractivity contribution in [2.45, 2.75) is 6.54 Å². The van der Waals surface area contributed by atoms with Gasteiger partial charge in [0.15, 0.2) is 0 Å². The molecule has 1 N–H and O–H groups in total. The van der Waals surface area contributed by atoms with Gasteiger partial charge in [0, 0.05) is 61.4 Å². The zero-order valence-corrected chi connectivity index (χ0v) is 18.0. The van der Waals surface area contributed by atoms with Crippen LogP contribution in [0.2, 0.25) is 0 Å². The predicted molar refractivity (Wildman–Crippen MR) is 127 cm³/mol. The lowest BCUT2D eigenvalue weighted by Crippen LogP contribution is -2.44. The Bertz CT molecular complexity index is 1260. The van der Waals surface area contributed by atoms with E-state index >= 15 is 0 Å². The van der Waals surface area contributed by atoms with Crippen LogP contribution < -0.4 is 15.8 Å². The molecule has 1 aliphatic heterocycles. The third kappa shape index (κ3) is 4.31. The first-order chi connectivity index (χ1) is 15.7. The second-order valence-electron chi connectivity index (χ2n) is 8.01. The van der Waals surface area contributed by atoms with Crippen molar-refractivity contribution in [3.05, 3.63) is 83.0 Å². The molecule has 0 atom stereocenters. The molecule has 0 radical (unpaired) electrons. The Morgan fingerprint density at radius 1 is 0.938 bits per heavy atom. The largest absolute Gasteiger partial charge is 0.369 e. The van der Waals surface area contributed by atoms with Gasteiger partial charge >= 0.3 is 0 Å². The molecule has 1 fully saturated rings. The number of piperazine rings is 1. The summed E-state index contributed by atoms with van der Waals surface area (Å²) < 4.78 is 1.63. The Labute approximate surface area is 186 Å². The molecular formula is C24H25N7O. The lowest BCUT2D eigenvalue weighted by atomic mass is 10.2. The van der Waals surface area contributed by atoms with E-state index in [1.54, 1.807) is 29.1 Å². The number of pyridine rings is 2. The van der Waals surface area contributed by atoms with Crippen LogP contribution in [-0.4, -0.2) is 57.6 Å². The van der Waals surface area contributed by atoms with Gasteiger partial charge in [-0.05, 0) is 49.5 Å². The average molecular weight is 428 g/mol. The van der Waals surface area contributed by atoms with Crippen LogP contribution >= 0.6 is 0 Å². The van der Waals surface area contributed by atoms with E-state index in [4.69, 9.17) is 0 Å². The number of nitrogens with zero attached hydrogens (tertiary/aromatic N) is 6. The smallest absolute Gasteiger partial charge is 0.252 e. The summed E-state index contributed by atoms with van der Waals surface area (Å²) in [6, 6.07) is 17.3. The molecule has 0 bridgehead atoms. The van der Waals surface area contributed by atoms with E-state index in [9.17, 15) is 4.79 Å². The first kappa shape index (κ1) is 20.1. The van der Waals surface area contributed by atoms with Gasteiger partial charge in [0.2, 0.25) is 5.95 Å². The monoisotopic (exact) mass is 427 g/mol. The number of hydrogen-bond acceptors (Lipinski definition) is 7. The number of nitrogens with one attached hydrogen (secondary N) is 1. The van der Waals surface area contributed by atoms with Crippen LogP contribution in [0.15, 0.2) is 71.8 Å². The molecule has 1 aliphatic rings. The quantitative estimate of drug-likeness (QED) is 0.525. The number of fused-ring (bicyclic) bond motifs is 1. The fourth-order valence-electron chi connectivity index (χ4n) is 3.89. The second-order valence-corrected chi connectivity index (χ2v) is 8.01. The summed E-state index contributed by atoms with van der Waals surface area (Å²) in [4.78, 5) is 30.7. The van der Waals surface area contributed by atoms with Crippen LogP contribution in [0.5, 0.6) is 0 Å². The molecule has 8 heteroatoms. The van der Waals surface area contributed by atoms with Gasteiger partial charge in [-0.25, -0.2) is 4.98 Å². The summed E-state index contributed by atoms with van der Waals surface area (Å²) in [7, 11) is 2.16. The topological polar surface area (TPSA) is 79.2 Å². The van der Waals surface area contributed by atoms with Gasteiger partial charge < -0.3 is 15.1 Å². The Hall–Kier alpha value is -3.78. The maximum absolute atomic E-state index is 12.6. The molecule has 1 aromatic carbocycles. The summed E-state index contributed by atoms with van der Waals surface area (Å²) in [5, 5.41) is 4.07. The van der Waals surface area contributed by atoms with Gasteiger partial charge in [0.25, 0.3) is 5.56 Å². The van der Waals surface area contributed by atoms with Crippen molar-refractivity contribution >= 4 is 28.4 Å². The molecule has 4 aromatic rings. The van der Waals surface area contributed by atoms with Crippen molar-refractivity contribution < 1.29 is 0 Å². The minimum absolute atomic E-state index is 0.121. The molecule has 5 rings (SSSR count). The second kappa shape index (κ2) is 8.76. The molecule has 1 saturated heterocycles. The van der Waals surface area contributed by atoms with Gasteiger partial charge in [-0.15, -0.1) is 0 Å². The lowest BCUT2D eigenvalue weighted by molar-refractivity contribution is 0.313. The molecule has 0 spiro atoms. The van der Waals surface area contributed by atoms with E-state index < -0.39 is 0 Å². The highest BCUT2D eigenvalue weighted by atomic mass is 16.1. The minimum atomic E-state index is -0.121. The number of rotatable bonds is 5. The van der Waals surface area contributed by atoms with E-state index in [1.807, 2.05) is 30.3 Å². The number of hydrogen-bond donors (Lipinski definition) is 1. The zero-order valence-electron chi connectivity index (χ0n) is 18.0.